The molecule has 1 aromatic heterocycles. The van der Waals surface area contributed by atoms with Gasteiger partial charge in [-0.05, 0) is 18.9 Å². The molecule has 0 saturated carbocycles. The monoisotopic (exact) mass is 273 g/mol. The summed E-state index contributed by atoms with van der Waals surface area (Å²) in [5.74, 6) is 0.642. The fraction of sp³-hybridized carbons (Fsp3) is 0.750. The van der Waals surface area contributed by atoms with Gasteiger partial charge in [0.1, 0.15) is 9.84 Å². The number of aryl methyl sites for hydroxylation is 1. The van der Waals surface area contributed by atoms with Crippen LogP contribution in [0.2, 0.25) is 0 Å². The summed E-state index contributed by atoms with van der Waals surface area (Å²) < 4.78 is 23.8. The van der Waals surface area contributed by atoms with Crippen LogP contribution in [0.25, 0.3) is 0 Å². The van der Waals surface area contributed by atoms with Gasteiger partial charge in [-0.25, -0.2) is 8.42 Å². The Hall–Kier alpha value is -0.880. The highest BCUT2D eigenvalue weighted by Gasteiger charge is 2.10. The van der Waals surface area contributed by atoms with Crippen molar-refractivity contribution in [3.63, 3.8) is 0 Å². The fourth-order valence-corrected chi connectivity index (χ4v) is 2.53. The van der Waals surface area contributed by atoms with Crippen molar-refractivity contribution in [1.29, 1.82) is 0 Å². The zero-order chi connectivity index (χ0) is 13.8. The zero-order valence-electron chi connectivity index (χ0n) is 11.6. The van der Waals surface area contributed by atoms with Crippen LogP contribution < -0.4 is 5.32 Å². The van der Waals surface area contributed by atoms with Gasteiger partial charge in [0.15, 0.2) is 0 Å². The van der Waals surface area contributed by atoms with Gasteiger partial charge in [-0.2, -0.15) is 5.10 Å². The molecule has 0 unspecified atom stereocenters. The maximum Gasteiger partial charge on any atom is 0.147 e. The van der Waals surface area contributed by atoms with Gasteiger partial charge in [0.2, 0.25) is 0 Å². The summed E-state index contributed by atoms with van der Waals surface area (Å²) in [6, 6.07) is 0. The second kappa shape index (κ2) is 6.33. The van der Waals surface area contributed by atoms with Gasteiger partial charge in [-0.1, -0.05) is 13.8 Å². The van der Waals surface area contributed by atoms with E-state index >= 15 is 0 Å². The molecule has 1 rings (SSSR count). The van der Waals surface area contributed by atoms with Crippen molar-refractivity contribution in [3.8, 4) is 0 Å². The molecule has 0 atom stereocenters. The topological polar surface area (TPSA) is 64.0 Å². The van der Waals surface area contributed by atoms with Crippen LogP contribution in [-0.2, 0) is 23.4 Å². The van der Waals surface area contributed by atoms with Crippen molar-refractivity contribution in [3.05, 3.63) is 17.5 Å². The van der Waals surface area contributed by atoms with Crippen LogP contribution in [0.3, 0.4) is 0 Å². The summed E-state index contributed by atoms with van der Waals surface area (Å²) in [6.07, 6.45) is 3.93. The summed E-state index contributed by atoms with van der Waals surface area (Å²) in [5.41, 5.74) is 2.29. The van der Waals surface area contributed by atoms with Crippen LogP contribution in [0.1, 0.15) is 37.4 Å². The molecule has 5 nitrogen and oxygen atoms in total. The smallest absolute Gasteiger partial charge is 0.147 e. The van der Waals surface area contributed by atoms with Crippen molar-refractivity contribution in [1.82, 2.24) is 15.1 Å². The highest BCUT2D eigenvalue weighted by Crippen LogP contribution is 2.16. The largest absolute Gasteiger partial charge is 0.313 e. The highest BCUT2D eigenvalue weighted by atomic mass is 32.2. The minimum Gasteiger partial charge on any atom is -0.313 e. The van der Waals surface area contributed by atoms with E-state index in [1.807, 2.05) is 17.9 Å². The summed E-state index contributed by atoms with van der Waals surface area (Å²) in [7, 11) is -0.927. The Morgan fingerprint density at radius 2 is 2.11 bits per heavy atom. The average Bonchev–Trinajstić information content (AvgIpc) is 2.57. The van der Waals surface area contributed by atoms with Crippen LogP contribution in [-0.4, -0.2) is 36.8 Å². The molecule has 6 heteroatoms. The number of aromatic nitrogens is 2. The van der Waals surface area contributed by atoms with Crippen molar-refractivity contribution in [2.24, 2.45) is 7.05 Å². The summed E-state index contributed by atoms with van der Waals surface area (Å²) in [4.78, 5) is 0. The van der Waals surface area contributed by atoms with Crippen LogP contribution in [0.5, 0.6) is 0 Å². The molecule has 0 saturated heterocycles. The first-order valence-corrected chi connectivity index (χ1v) is 8.26. The third-order valence-electron chi connectivity index (χ3n) is 2.67. The maximum atomic E-state index is 11.0. The molecule has 0 bridgehead atoms. The first-order chi connectivity index (χ1) is 8.29. The zero-order valence-corrected chi connectivity index (χ0v) is 12.4. The normalized spacial score (nSPS) is 12.3. The van der Waals surface area contributed by atoms with E-state index in [-0.39, 0.29) is 5.75 Å². The van der Waals surface area contributed by atoms with Gasteiger partial charge in [0.25, 0.3) is 0 Å². The van der Waals surface area contributed by atoms with Gasteiger partial charge in [-0.15, -0.1) is 0 Å². The number of hydrogen-bond acceptors (Lipinski definition) is 4. The van der Waals surface area contributed by atoms with Gasteiger partial charge < -0.3 is 5.32 Å². The minimum atomic E-state index is -2.84. The molecule has 104 valence electrons. The molecule has 0 fully saturated rings. The van der Waals surface area contributed by atoms with Crippen molar-refractivity contribution in [2.75, 3.05) is 18.6 Å². The summed E-state index contributed by atoms with van der Waals surface area (Å²) in [6.45, 7) is 5.69. The molecule has 0 aliphatic heterocycles. The molecule has 1 heterocycles. The lowest BCUT2D eigenvalue weighted by Gasteiger charge is -2.06. The number of nitrogens with zero attached hydrogens (tertiary/aromatic N) is 2. The first-order valence-electron chi connectivity index (χ1n) is 6.20. The van der Waals surface area contributed by atoms with Crippen LogP contribution in [0, 0.1) is 0 Å². The Morgan fingerprint density at radius 1 is 1.44 bits per heavy atom. The van der Waals surface area contributed by atoms with E-state index in [9.17, 15) is 8.42 Å². The fourth-order valence-electron chi connectivity index (χ4n) is 1.86. The molecule has 0 spiro atoms. The maximum absolute atomic E-state index is 11.0. The minimum absolute atomic E-state index is 0.240. The predicted molar refractivity (Wildman–Crippen MR) is 73.3 cm³/mol. The molecule has 0 aliphatic carbocycles. The van der Waals surface area contributed by atoms with Crippen LogP contribution in [0.4, 0.5) is 0 Å². The lowest BCUT2D eigenvalue weighted by atomic mass is 10.1. The second-order valence-electron chi connectivity index (χ2n) is 5.03. The Labute approximate surface area is 109 Å². The average molecular weight is 273 g/mol. The quantitative estimate of drug-likeness (QED) is 0.755. The molecule has 1 N–H and O–H groups in total. The van der Waals surface area contributed by atoms with Crippen LogP contribution in [0.15, 0.2) is 6.20 Å². The van der Waals surface area contributed by atoms with E-state index < -0.39 is 9.84 Å². The summed E-state index contributed by atoms with van der Waals surface area (Å²) in [5, 5.41) is 7.69. The lowest BCUT2D eigenvalue weighted by molar-refractivity contribution is 0.594. The number of rotatable bonds is 7. The lowest BCUT2D eigenvalue weighted by Crippen LogP contribution is -2.18. The number of nitrogens with one attached hydrogen (secondary N) is 1. The van der Waals surface area contributed by atoms with E-state index in [1.165, 1.54) is 11.8 Å². The van der Waals surface area contributed by atoms with E-state index in [4.69, 9.17) is 0 Å². The molecule has 0 aliphatic rings. The highest BCUT2D eigenvalue weighted by molar-refractivity contribution is 7.90. The molecule has 0 aromatic carbocycles. The van der Waals surface area contributed by atoms with E-state index in [2.05, 4.69) is 24.3 Å². The van der Waals surface area contributed by atoms with Gasteiger partial charge in [0, 0.05) is 31.6 Å². The number of hydrogen-bond donors (Lipinski definition) is 1. The summed E-state index contributed by atoms with van der Waals surface area (Å²) >= 11 is 0. The van der Waals surface area contributed by atoms with E-state index in [0.29, 0.717) is 18.9 Å². The van der Waals surface area contributed by atoms with Crippen LogP contribution >= 0.6 is 0 Å². The first kappa shape index (κ1) is 15.2. The Morgan fingerprint density at radius 3 is 2.67 bits per heavy atom. The van der Waals surface area contributed by atoms with Gasteiger partial charge in [-0.3, -0.25) is 4.68 Å². The Bertz CT molecular complexity index is 478. The van der Waals surface area contributed by atoms with Crippen molar-refractivity contribution in [2.45, 2.75) is 32.7 Å². The Kier molecular flexibility index (Phi) is 5.34. The van der Waals surface area contributed by atoms with Gasteiger partial charge in [0.05, 0.1) is 11.4 Å². The molecular weight excluding hydrogens is 250 g/mol. The molecule has 0 radical (unpaired) electrons. The van der Waals surface area contributed by atoms with Gasteiger partial charge >= 0.3 is 0 Å². The molecule has 18 heavy (non-hydrogen) atoms. The second-order valence-corrected chi connectivity index (χ2v) is 7.29. The van der Waals surface area contributed by atoms with E-state index in [1.54, 1.807) is 0 Å². The molecule has 0 amide bonds. The standard InChI is InChI=1S/C12H23N3O2S/c1-10(2)12-11(9-15(3)14-12)8-13-6-5-7-18(4,16)17/h9-10,13H,5-8H2,1-4H3. The van der Waals surface area contributed by atoms with E-state index in [0.717, 1.165) is 12.2 Å². The SMILES string of the molecule is CC(C)c1nn(C)cc1CNCCCS(C)(=O)=O. The molecule has 1 aromatic rings. The third kappa shape index (κ3) is 5.18. The number of sulfone groups is 1. The Balaban J connectivity index is 2.40. The third-order valence-corrected chi connectivity index (χ3v) is 3.70. The van der Waals surface area contributed by atoms with Crippen molar-refractivity contribution < 1.29 is 8.42 Å². The van der Waals surface area contributed by atoms with Crippen molar-refractivity contribution >= 4 is 9.84 Å². The predicted octanol–water partition coefficient (Wildman–Crippen LogP) is 1.07. The molecular formula is C12H23N3O2S.